The first-order valence-corrected chi connectivity index (χ1v) is 7.87. The SMILES string of the molecule is Cc1ccc2c(OCc3ccc(Br)cc3)cccc2c1Cl. The molecule has 0 aliphatic carbocycles. The fraction of sp³-hybridized carbons (Fsp3) is 0.111. The molecule has 21 heavy (non-hydrogen) atoms. The number of aryl methyl sites for hydroxylation is 1. The number of benzene rings is 3. The van der Waals surface area contributed by atoms with Crippen molar-refractivity contribution in [1.82, 2.24) is 0 Å². The number of rotatable bonds is 3. The summed E-state index contributed by atoms with van der Waals surface area (Å²) in [6.07, 6.45) is 0. The lowest BCUT2D eigenvalue weighted by Gasteiger charge is -2.11. The minimum Gasteiger partial charge on any atom is -0.488 e. The summed E-state index contributed by atoms with van der Waals surface area (Å²) >= 11 is 9.81. The molecule has 0 aliphatic rings. The summed E-state index contributed by atoms with van der Waals surface area (Å²) in [6.45, 7) is 2.55. The fourth-order valence-electron chi connectivity index (χ4n) is 2.27. The number of ether oxygens (including phenoxy) is 1. The van der Waals surface area contributed by atoms with E-state index in [4.69, 9.17) is 16.3 Å². The highest BCUT2D eigenvalue weighted by atomic mass is 79.9. The van der Waals surface area contributed by atoms with Gasteiger partial charge >= 0.3 is 0 Å². The van der Waals surface area contributed by atoms with Gasteiger partial charge in [-0.1, -0.05) is 63.9 Å². The Morgan fingerprint density at radius 1 is 0.952 bits per heavy atom. The van der Waals surface area contributed by atoms with Crippen molar-refractivity contribution < 1.29 is 4.74 Å². The molecule has 0 N–H and O–H groups in total. The van der Waals surface area contributed by atoms with Gasteiger partial charge in [0.1, 0.15) is 12.4 Å². The molecule has 0 fully saturated rings. The molecule has 0 aromatic heterocycles. The van der Waals surface area contributed by atoms with E-state index in [9.17, 15) is 0 Å². The predicted octanol–water partition coefficient (Wildman–Crippen LogP) is 6.14. The molecule has 3 heteroatoms. The first kappa shape index (κ1) is 14.4. The van der Waals surface area contributed by atoms with Crippen molar-refractivity contribution in [3.05, 3.63) is 75.2 Å². The van der Waals surface area contributed by atoms with Crippen molar-refractivity contribution >= 4 is 38.3 Å². The molecule has 3 aromatic carbocycles. The van der Waals surface area contributed by atoms with Crippen LogP contribution in [0.25, 0.3) is 10.8 Å². The van der Waals surface area contributed by atoms with Crippen LogP contribution in [0.15, 0.2) is 59.1 Å². The van der Waals surface area contributed by atoms with Crippen LogP contribution in [-0.4, -0.2) is 0 Å². The molecular formula is C18H14BrClO. The summed E-state index contributed by atoms with van der Waals surface area (Å²) in [5, 5.41) is 2.87. The maximum absolute atomic E-state index is 6.37. The third-order valence-electron chi connectivity index (χ3n) is 3.46. The van der Waals surface area contributed by atoms with Gasteiger partial charge in [-0.15, -0.1) is 0 Å². The molecule has 0 heterocycles. The van der Waals surface area contributed by atoms with Crippen molar-refractivity contribution in [2.75, 3.05) is 0 Å². The van der Waals surface area contributed by atoms with Gasteiger partial charge in [0.05, 0.1) is 5.02 Å². The van der Waals surface area contributed by atoms with E-state index in [1.165, 1.54) is 0 Å². The minimum absolute atomic E-state index is 0.540. The second-order valence-electron chi connectivity index (χ2n) is 4.96. The largest absolute Gasteiger partial charge is 0.488 e. The third-order valence-corrected chi connectivity index (χ3v) is 4.49. The van der Waals surface area contributed by atoms with E-state index in [0.717, 1.165) is 37.1 Å². The zero-order valence-corrected chi connectivity index (χ0v) is 13.9. The Balaban J connectivity index is 1.90. The molecule has 0 radical (unpaired) electrons. The molecule has 0 amide bonds. The summed E-state index contributed by atoms with van der Waals surface area (Å²) < 4.78 is 7.03. The Kier molecular flexibility index (Phi) is 4.18. The van der Waals surface area contributed by atoms with Crippen LogP contribution < -0.4 is 4.74 Å². The number of hydrogen-bond donors (Lipinski definition) is 0. The van der Waals surface area contributed by atoms with Crippen LogP contribution in [0, 0.1) is 6.92 Å². The van der Waals surface area contributed by atoms with E-state index in [0.29, 0.717) is 6.61 Å². The quantitative estimate of drug-likeness (QED) is 0.544. The first-order chi connectivity index (χ1) is 10.1. The van der Waals surface area contributed by atoms with Crippen molar-refractivity contribution in [2.24, 2.45) is 0 Å². The van der Waals surface area contributed by atoms with Crippen LogP contribution in [0.1, 0.15) is 11.1 Å². The molecular weight excluding hydrogens is 348 g/mol. The summed E-state index contributed by atoms with van der Waals surface area (Å²) in [7, 11) is 0. The lowest BCUT2D eigenvalue weighted by molar-refractivity contribution is 0.310. The number of hydrogen-bond acceptors (Lipinski definition) is 1. The summed E-state index contributed by atoms with van der Waals surface area (Å²) in [5.41, 5.74) is 2.21. The van der Waals surface area contributed by atoms with Gasteiger partial charge < -0.3 is 4.74 Å². The zero-order valence-electron chi connectivity index (χ0n) is 11.6. The summed E-state index contributed by atoms with van der Waals surface area (Å²) in [5.74, 6) is 0.859. The van der Waals surface area contributed by atoms with Gasteiger partial charge in [0.2, 0.25) is 0 Å². The third kappa shape index (κ3) is 3.07. The summed E-state index contributed by atoms with van der Waals surface area (Å²) in [4.78, 5) is 0. The highest BCUT2D eigenvalue weighted by molar-refractivity contribution is 9.10. The van der Waals surface area contributed by atoms with Crippen LogP contribution >= 0.6 is 27.5 Å². The Bertz CT molecular complexity index is 781. The van der Waals surface area contributed by atoms with Gasteiger partial charge in [-0.05, 0) is 36.2 Å². The molecule has 0 saturated heterocycles. The van der Waals surface area contributed by atoms with Crippen LogP contribution in [0.4, 0.5) is 0 Å². The molecule has 1 nitrogen and oxygen atoms in total. The van der Waals surface area contributed by atoms with Crippen molar-refractivity contribution in [2.45, 2.75) is 13.5 Å². The molecule has 0 bridgehead atoms. The second-order valence-corrected chi connectivity index (χ2v) is 6.26. The van der Waals surface area contributed by atoms with E-state index < -0.39 is 0 Å². The minimum atomic E-state index is 0.540. The lowest BCUT2D eigenvalue weighted by Crippen LogP contribution is -1.96. The Hall–Kier alpha value is -1.51. The zero-order chi connectivity index (χ0) is 14.8. The molecule has 0 aliphatic heterocycles. The van der Waals surface area contributed by atoms with Gasteiger partial charge in [-0.3, -0.25) is 0 Å². The number of halogens is 2. The molecule has 3 aromatic rings. The topological polar surface area (TPSA) is 9.23 Å². The molecule has 3 rings (SSSR count). The summed E-state index contributed by atoms with van der Waals surface area (Å²) in [6, 6.07) is 18.2. The van der Waals surface area contributed by atoms with E-state index >= 15 is 0 Å². The van der Waals surface area contributed by atoms with Crippen LogP contribution in [0.5, 0.6) is 5.75 Å². The average molecular weight is 362 g/mol. The van der Waals surface area contributed by atoms with Gasteiger partial charge in [-0.25, -0.2) is 0 Å². The van der Waals surface area contributed by atoms with E-state index in [1.807, 2.05) is 55.5 Å². The fourth-order valence-corrected chi connectivity index (χ4v) is 2.76. The Morgan fingerprint density at radius 2 is 1.71 bits per heavy atom. The predicted molar refractivity (Wildman–Crippen MR) is 92.2 cm³/mol. The van der Waals surface area contributed by atoms with E-state index in [2.05, 4.69) is 22.0 Å². The molecule has 0 unspecified atom stereocenters. The highest BCUT2D eigenvalue weighted by Crippen LogP contribution is 2.33. The smallest absolute Gasteiger partial charge is 0.127 e. The van der Waals surface area contributed by atoms with Gasteiger partial charge in [0, 0.05) is 15.2 Å². The average Bonchev–Trinajstić information content (AvgIpc) is 2.50. The van der Waals surface area contributed by atoms with Crippen molar-refractivity contribution in [3.8, 4) is 5.75 Å². The normalized spacial score (nSPS) is 10.8. The first-order valence-electron chi connectivity index (χ1n) is 6.70. The maximum Gasteiger partial charge on any atom is 0.127 e. The van der Waals surface area contributed by atoms with Crippen molar-refractivity contribution in [1.29, 1.82) is 0 Å². The van der Waals surface area contributed by atoms with Gasteiger partial charge in [0.25, 0.3) is 0 Å². The highest BCUT2D eigenvalue weighted by Gasteiger charge is 2.07. The van der Waals surface area contributed by atoms with Crippen molar-refractivity contribution in [3.63, 3.8) is 0 Å². The molecule has 0 atom stereocenters. The Morgan fingerprint density at radius 3 is 2.48 bits per heavy atom. The second kappa shape index (κ2) is 6.08. The molecule has 0 saturated carbocycles. The molecule has 106 valence electrons. The van der Waals surface area contributed by atoms with E-state index in [1.54, 1.807) is 0 Å². The van der Waals surface area contributed by atoms with Gasteiger partial charge in [-0.2, -0.15) is 0 Å². The van der Waals surface area contributed by atoms with Crippen LogP contribution in [0.3, 0.4) is 0 Å². The van der Waals surface area contributed by atoms with Gasteiger partial charge in [0.15, 0.2) is 0 Å². The lowest BCUT2D eigenvalue weighted by atomic mass is 10.1. The monoisotopic (exact) mass is 360 g/mol. The van der Waals surface area contributed by atoms with Crippen LogP contribution in [-0.2, 0) is 6.61 Å². The Labute approximate surface area is 137 Å². The van der Waals surface area contributed by atoms with Crippen LogP contribution in [0.2, 0.25) is 5.02 Å². The standard InChI is InChI=1S/C18H14BrClO/c1-12-5-10-15-16(18(12)20)3-2-4-17(15)21-11-13-6-8-14(19)9-7-13/h2-10H,11H2,1H3. The van der Waals surface area contributed by atoms with E-state index in [-0.39, 0.29) is 0 Å². The maximum atomic E-state index is 6.37. The molecule has 0 spiro atoms. The number of fused-ring (bicyclic) bond motifs is 1.